The Morgan fingerprint density at radius 2 is 1.95 bits per heavy atom. The van der Waals surface area contributed by atoms with E-state index in [0.717, 1.165) is 51.9 Å². The number of rotatable bonds is 9. The van der Waals surface area contributed by atoms with Crippen LogP contribution in [0.25, 0.3) is 27.3 Å². The van der Waals surface area contributed by atoms with Gasteiger partial charge in [-0.1, -0.05) is 31.2 Å². The number of nitrogens with one attached hydrogen (secondary N) is 3. The van der Waals surface area contributed by atoms with Gasteiger partial charge < -0.3 is 27.4 Å². The Balaban J connectivity index is 1.26. The van der Waals surface area contributed by atoms with Crippen molar-refractivity contribution in [3.63, 3.8) is 0 Å². The van der Waals surface area contributed by atoms with Crippen LogP contribution in [0.2, 0.25) is 0 Å². The van der Waals surface area contributed by atoms with Gasteiger partial charge in [-0.2, -0.15) is 0 Å². The first-order valence-electron chi connectivity index (χ1n) is 13.8. The maximum atomic E-state index is 12.5. The van der Waals surface area contributed by atoms with Gasteiger partial charge in [-0.05, 0) is 72.8 Å². The summed E-state index contributed by atoms with van der Waals surface area (Å²) in [6, 6.07) is 15.0. The highest BCUT2D eigenvalue weighted by atomic mass is 32.1. The standard InChI is InChI=1S/C31H35N7O2S/c1-2-38-14-4-7-25(38)18-34-27(39)13-10-22-17-35-30(33)28-26(19-41-29(22)28)21-8-11-23(12-9-21)36-31(40)37-24-6-3-5-20(15-24)16-32/h3,5-6,8-13,15,17,19,25H,2,4,7,14,16,18,32H2,1H3,(H2,33,35)(H,34,39)(H2,36,37,40). The summed E-state index contributed by atoms with van der Waals surface area (Å²) in [5.74, 6) is 0.314. The summed E-state index contributed by atoms with van der Waals surface area (Å²) in [5, 5.41) is 11.6. The van der Waals surface area contributed by atoms with Crippen molar-refractivity contribution in [2.75, 3.05) is 36.0 Å². The Hall–Kier alpha value is -4.25. The smallest absolute Gasteiger partial charge is 0.323 e. The summed E-state index contributed by atoms with van der Waals surface area (Å²) in [5.41, 5.74) is 17.0. The summed E-state index contributed by atoms with van der Waals surface area (Å²) < 4.78 is 0.964. The fourth-order valence-corrected chi connectivity index (χ4v) is 6.28. The van der Waals surface area contributed by atoms with Crippen LogP contribution in [0.5, 0.6) is 0 Å². The molecule has 1 unspecified atom stereocenters. The molecule has 1 atom stereocenters. The summed E-state index contributed by atoms with van der Waals surface area (Å²) in [4.78, 5) is 31.8. The molecule has 1 saturated heterocycles. The van der Waals surface area contributed by atoms with Crippen molar-refractivity contribution in [3.05, 3.63) is 77.3 Å². The number of aromatic nitrogens is 1. The molecule has 3 amide bonds. The maximum Gasteiger partial charge on any atom is 0.323 e. The maximum absolute atomic E-state index is 12.5. The monoisotopic (exact) mass is 569 g/mol. The van der Waals surface area contributed by atoms with E-state index in [-0.39, 0.29) is 11.9 Å². The number of anilines is 3. The van der Waals surface area contributed by atoms with Crippen LogP contribution in [0.4, 0.5) is 22.0 Å². The molecule has 0 spiro atoms. The first-order valence-corrected chi connectivity index (χ1v) is 14.7. The predicted octanol–water partition coefficient (Wildman–Crippen LogP) is 5.26. The second-order valence-corrected chi connectivity index (χ2v) is 10.9. The first kappa shape index (κ1) is 28.3. The molecule has 7 N–H and O–H groups in total. The zero-order valence-electron chi connectivity index (χ0n) is 23.0. The van der Waals surface area contributed by atoms with Crippen LogP contribution < -0.4 is 27.4 Å². The van der Waals surface area contributed by atoms with Gasteiger partial charge in [-0.25, -0.2) is 9.78 Å². The van der Waals surface area contributed by atoms with Crippen LogP contribution in [0.15, 0.2) is 66.2 Å². The number of benzene rings is 2. The van der Waals surface area contributed by atoms with Crippen molar-refractivity contribution in [2.24, 2.45) is 5.73 Å². The van der Waals surface area contributed by atoms with E-state index < -0.39 is 0 Å². The summed E-state index contributed by atoms with van der Waals surface area (Å²) >= 11 is 1.56. The lowest BCUT2D eigenvalue weighted by atomic mass is 10.0. The van der Waals surface area contributed by atoms with E-state index in [1.54, 1.807) is 29.7 Å². The lowest BCUT2D eigenvalue weighted by Crippen LogP contribution is -2.39. The minimum Gasteiger partial charge on any atom is -0.383 e. The second kappa shape index (κ2) is 12.9. The number of thiophene rings is 1. The minimum absolute atomic E-state index is 0.117. The SMILES string of the molecule is CCN1CCCC1CNC(=O)C=Cc1cnc(N)c2c(-c3ccc(NC(=O)Nc4cccc(CN)c4)cc3)csc12. The number of carbonyl (C=O) groups excluding carboxylic acids is 2. The Labute approximate surface area is 243 Å². The second-order valence-electron chi connectivity index (χ2n) is 10.0. The van der Waals surface area contributed by atoms with E-state index in [0.29, 0.717) is 36.3 Å². The van der Waals surface area contributed by atoms with Crippen molar-refractivity contribution >= 4 is 56.6 Å². The van der Waals surface area contributed by atoms with Gasteiger partial charge in [-0.3, -0.25) is 9.69 Å². The van der Waals surface area contributed by atoms with Gasteiger partial charge in [0.25, 0.3) is 0 Å². The molecule has 4 aromatic rings. The Kier molecular flexibility index (Phi) is 8.93. The highest BCUT2D eigenvalue weighted by Crippen LogP contribution is 2.39. The van der Waals surface area contributed by atoms with Crippen LogP contribution >= 0.6 is 11.3 Å². The van der Waals surface area contributed by atoms with E-state index >= 15 is 0 Å². The minimum atomic E-state index is -0.340. The lowest BCUT2D eigenvalue weighted by molar-refractivity contribution is -0.116. The molecule has 212 valence electrons. The van der Waals surface area contributed by atoms with Crippen molar-refractivity contribution in [1.29, 1.82) is 0 Å². The predicted molar refractivity (Wildman–Crippen MR) is 169 cm³/mol. The number of nitrogens with two attached hydrogens (primary N) is 2. The van der Waals surface area contributed by atoms with Crippen molar-refractivity contribution < 1.29 is 9.59 Å². The number of amides is 3. The third-order valence-electron chi connectivity index (χ3n) is 7.36. The van der Waals surface area contributed by atoms with Crippen LogP contribution in [-0.4, -0.2) is 47.5 Å². The number of likely N-dealkylation sites (N-methyl/N-ethyl adjacent to an activating group) is 1. The van der Waals surface area contributed by atoms with Gasteiger partial charge in [0.15, 0.2) is 0 Å². The van der Waals surface area contributed by atoms with Crippen molar-refractivity contribution in [3.8, 4) is 11.1 Å². The molecule has 10 heteroatoms. The number of pyridine rings is 1. The first-order chi connectivity index (χ1) is 19.9. The van der Waals surface area contributed by atoms with Crippen LogP contribution in [0, 0.1) is 0 Å². The molecule has 1 aliphatic heterocycles. The number of hydrogen-bond acceptors (Lipinski definition) is 7. The molecule has 0 saturated carbocycles. The number of nitrogen functional groups attached to an aromatic ring is 1. The molecule has 2 aromatic carbocycles. The molecule has 0 bridgehead atoms. The molecule has 1 fully saturated rings. The molecular formula is C31H35N7O2S. The normalized spacial score (nSPS) is 15.4. The van der Waals surface area contributed by atoms with Gasteiger partial charge in [0.1, 0.15) is 5.82 Å². The van der Waals surface area contributed by atoms with Gasteiger partial charge in [0.05, 0.1) is 0 Å². The van der Waals surface area contributed by atoms with E-state index in [1.165, 1.54) is 6.42 Å². The van der Waals surface area contributed by atoms with E-state index in [1.807, 2.05) is 53.9 Å². The average Bonchev–Trinajstić information content (AvgIpc) is 3.64. The molecule has 5 rings (SSSR count). The highest BCUT2D eigenvalue weighted by molar-refractivity contribution is 7.18. The molecular weight excluding hydrogens is 534 g/mol. The van der Waals surface area contributed by atoms with Crippen molar-refractivity contribution in [2.45, 2.75) is 32.4 Å². The van der Waals surface area contributed by atoms with Gasteiger partial charge >= 0.3 is 6.03 Å². The van der Waals surface area contributed by atoms with E-state index in [9.17, 15) is 9.59 Å². The molecule has 0 aliphatic carbocycles. The van der Waals surface area contributed by atoms with Gasteiger partial charge in [0.2, 0.25) is 5.91 Å². The number of carbonyl (C=O) groups is 2. The molecule has 3 heterocycles. The number of fused-ring (bicyclic) bond motifs is 1. The van der Waals surface area contributed by atoms with E-state index in [4.69, 9.17) is 11.5 Å². The van der Waals surface area contributed by atoms with Crippen LogP contribution in [0.3, 0.4) is 0 Å². The summed E-state index contributed by atoms with van der Waals surface area (Å²) in [6.07, 6.45) is 7.36. The molecule has 1 aliphatic rings. The van der Waals surface area contributed by atoms with Gasteiger partial charge in [0, 0.05) is 64.0 Å². The summed E-state index contributed by atoms with van der Waals surface area (Å²) in [6.45, 7) is 5.32. The molecule has 9 nitrogen and oxygen atoms in total. The number of likely N-dealkylation sites (tertiary alicyclic amines) is 1. The fraction of sp³-hybridized carbons (Fsp3) is 0.258. The lowest BCUT2D eigenvalue weighted by Gasteiger charge is -2.22. The zero-order chi connectivity index (χ0) is 28.8. The molecule has 0 radical (unpaired) electrons. The third-order valence-corrected chi connectivity index (χ3v) is 8.39. The highest BCUT2D eigenvalue weighted by Gasteiger charge is 2.22. The third kappa shape index (κ3) is 6.74. The van der Waals surface area contributed by atoms with Crippen molar-refractivity contribution in [1.82, 2.24) is 15.2 Å². The summed E-state index contributed by atoms with van der Waals surface area (Å²) in [7, 11) is 0. The largest absolute Gasteiger partial charge is 0.383 e. The average molecular weight is 570 g/mol. The van der Waals surface area contributed by atoms with Crippen LogP contribution in [-0.2, 0) is 11.3 Å². The zero-order valence-corrected chi connectivity index (χ0v) is 23.8. The number of nitrogens with zero attached hydrogens (tertiary/aromatic N) is 2. The van der Waals surface area contributed by atoms with E-state index in [2.05, 4.69) is 32.8 Å². The Morgan fingerprint density at radius 3 is 2.73 bits per heavy atom. The number of hydrogen-bond donors (Lipinski definition) is 5. The topological polar surface area (TPSA) is 138 Å². The fourth-order valence-electron chi connectivity index (χ4n) is 5.21. The molecule has 2 aromatic heterocycles. The van der Waals surface area contributed by atoms with Crippen LogP contribution in [0.1, 0.15) is 30.9 Å². The quantitative estimate of drug-likeness (QED) is 0.174. The number of urea groups is 1. The van der Waals surface area contributed by atoms with Gasteiger partial charge in [-0.15, -0.1) is 11.3 Å². The Bertz CT molecular complexity index is 1560. The Morgan fingerprint density at radius 1 is 1.15 bits per heavy atom. The molecule has 41 heavy (non-hydrogen) atoms.